The minimum absolute atomic E-state index is 0.346. The zero-order chi connectivity index (χ0) is 15.9. The van der Waals surface area contributed by atoms with E-state index in [9.17, 15) is 9.59 Å². The second-order valence-electron chi connectivity index (χ2n) is 5.12. The highest BCUT2D eigenvalue weighted by molar-refractivity contribution is 5.89. The number of aldehydes is 1. The van der Waals surface area contributed by atoms with Gasteiger partial charge in [-0.3, -0.25) is 4.79 Å². The summed E-state index contributed by atoms with van der Waals surface area (Å²) < 4.78 is 6.68. The van der Waals surface area contributed by atoms with Crippen LogP contribution in [0.5, 0.6) is 0 Å². The van der Waals surface area contributed by atoms with Crippen LogP contribution >= 0.6 is 0 Å². The molecule has 0 radical (unpaired) electrons. The van der Waals surface area contributed by atoms with Gasteiger partial charge in [0.1, 0.15) is 11.5 Å². The van der Waals surface area contributed by atoms with Crippen LogP contribution in [0.2, 0.25) is 0 Å². The standard InChI is InChI=1S/C17H20N2O3/c1-3-4-5-16-18-15(12-20)11-19(16)10-13-6-8-14(9-7-13)17(21)22-2/h6-9,11-12H,3-5,10H2,1-2H3. The smallest absolute Gasteiger partial charge is 0.337 e. The lowest BCUT2D eigenvalue weighted by atomic mass is 10.1. The second kappa shape index (κ2) is 7.54. The van der Waals surface area contributed by atoms with Crippen LogP contribution in [0.4, 0.5) is 0 Å². The lowest BCUT2D eigenvalue weighted by Crippen LogP contribution is -2.05. The molecule has 1 heterocycles. The SMILES string of the molecule is CCCCc1nc(C=O)cn1Cc1ccc(C(=O)OC)cc1. The van der Waals surface area contributed by atoms with Gasteiger partial charge in [-0.2, -0.15) is 0 Å². The molecule has 0 bridgehead atoms. The van der Waals surface area contributed by atoms with E-state index in [1.807, 2.05) is 16.7 Å². The van der Waals surface area contributed by atoms with Crippen LogP contribution in [0.15, 0.2) is 30.5 Å². The molecule has 0 amide bonds. The number of aryl methyl sites for hydroxylation is 1. The molecule has 0 unspecified atom stereocenters. The molecule has 0 aliphatic heterocycles. The molecule has 2 rings (SSSR count). The van der Waals surface area contributed by atoms with E-state index in [1.165, 1.54) is 7.11 Å². The molecule has 5 nitrogen and oxygen atoms in total. The van der Waals surface area contributed by atoms with Crippen molar-refractivity contribution in [2.45, 2.75) is 32.7 Å². The number of imidazole rings is 1. The molecule has 0 aliphatic rings. The second-order valence-corrected chi connectivity index (χ2v) is 5.12. The molecule has 5 heteroatoms. The molecule has 0 aliphatic carbocycles. The first-order valence-electron chi connectivity index (χ1n) is 7.36. The molecule has 0 saturated heterocycles. The molecule has 22 heavy (non-hydrogen) atoms. The number of carbonyl (C=O) groups is 2. The zero-order valence-corrected chi connectivity index (χ0v) is 12.9. The van der Waals surface area contributed by atoms with Gasteiger partial charge in [0.05, 0.1) is 12.7 Å². The fraction of sp³-hybridized carbons (Fsp3) is 0.353. The maximum absolute atomic E-state index is 11.4. The first kappa shape index (κ1) is 15.9. The largest absolute Gasteiger partial charge is 0.465 e. The van der Waals surface area contributed by atoms with Crippen LogP contribution in [0.25, 0.3) is 0 Å². The van der Waals surface area contributed by atoms with Crippen molar-refractivity contribution in [2.24, 2.45) is 0 Å². The van der Waals surface area contributed by atoms with Crippen molar-refractivity contribution in [1.29, 1.82) is 0 Å². The summed E-state index contributed by atoms with van der Waals surface area (Å²) >= 11 is 0. The van der Waals surface area contributed by atoms with E-state index in [0.717, 1.165) is 36.9 Å². The fourth-order valence-corrected chi connectivity index (χ4v) is 2.27. The molecule has 1 aromatic carbocycles. The van der Waals surface area contributed by atoms with Crippen LogP contribution < -0.4 is 0 Å². The number of rotatable bonds is 7. The Morgan fingerprint density at radius 1 is 1.32 bits per heavy atom. The third kappa shape index (κ3) is 3.81. The molecule has 1 aromatic heterocycles. The van der Waals surface area contributed by atoms with Crippen LogP contribution in [-0.2, 0) is 17.7 Å². The maximum atomic E-state index is 11.4. The van der Waals surface area contributed by atoms with E-state index >= 15 is 0 Å². The number of carbonyl (C=O) groups excluding carboxylic acids is 2. The minimum atomic E-state index is -0.346. The Labute approximate surface area is 129 Å². The zero-order valence-electron chi connectivity index (χ0n) is 12.9. The molecule has 0 spiro atoms. The van der Waals surface area contributed by atoms with Crippen molar-refractivity contribution in [3.8, 4) is 0 Å². The first-order chi connectivity index (χ1) is 10.7. The van der Waals surface area contributed by atoms with Gasteiger partial charge in [0, 0.05) is 19.2 Å². The molecule has 0 saturated carbocycles. The van der Waals surface area contributed by atoms with Crippen molar-refractivity contribution in [2.75, 3.05) is 7.11 Å². The van der Waals surface area contributed by atoms with Crippen LogP contribution in [-0.4, -0.2) is 28.9 Å². The van der Waals surface area contributed by atoms with Gasteiger partial charge in [-0.15, -0.1) is 0 Å². The van der Waals surface area contributed by atoms with Gasteiger partial charge in [-0.1, -0.05) is 25.5 Å². The number of ether oxygens (including phenoxy) is 1. The summed E-state index contributed by atoms with van der Waals surface area (Å²) in [6.07, 6.45) is 5.51. The van der Waals surface area contributed by atoms with Crippen molar-refractivity contribution in [1.82, 2.24) is 9.55 Å². The van der Waals surface area contributed by atoms with Gasteiger partial charge in [-0.05, 0) is 24.1 Å². The minimum Gasteiger partial charge on any atom is -0.465 e. The Balaban J connectivity index is 2.17. The Hall–Kier alpha value is -2.43. The molecule has 0 atom stereocenters. The summed E-state index contributed by atoms with van der Waals surface area (Å²) in [5.74, 6) is 0.571. The quantitative estimate of drug-likeness (QED) is 0.582. The first-order valence-corrected chi connectivity index (χ1v) is 7.36. The number of esters is 1. The molecule has 0 N–H and O–H groups in total. The molecular formula is C17H20N2O3. The number of hydrogen-bond donors (Lipinski definition) is 0. The lowest BCUT2D eigenvalue weighted by Gasteiger charge is -2.08. The Morgan fingerprint density at radius 3 is 2.64 bits per heavy atom. The van der Waals surface area contributed by atoms with Gasteiger partial charge in [0.2, 0.25) is 0 Å². The highest BCUT2D eigenvalue weighted by atomic mass is 16.5. The van der Waals surface area contributed by atoms with Crippen LogP contribution in [0.3, 0.4) is 0 Å². The van der Waals surface area contributed by atoms with E-state index in [1.54, 1.807) is 18.3 Å². The van der Waals surface area contributed by atoms with Crippen LogP contribution in [0, 0.1) is 0 Å². The summed E-state index contributed by atoms with van der Waals surface area (Å²) in [5.41, 5.74) is 2.02. The maximum Gasteiger partial charge on any atom is 0.337 e. The van der Waals surface area contributed by atoms with Gasteiger partial charge in [-0.25, -0.2) is 9.78 Å². The van der Waals surface area contributed by atoms with Crippen molar-refractivity contribution in [3.63, 3.8) is 0 Å². The predicted molar refractivity (Wildman–Crippen MR) is 83.1 cm³/mol. The summed E-state index contributed by atoms with van der Waals surface area (Å²) in [6.45, 7) is 2.75. The number of aromatic nitrogens is 2. The molecular weight excluding hydrogens is 280 g/mol. The van der Waals surface area contributed by atoms with Gasteiger partial charge >= 0.3 is 5.97 Å². The average molecular weight is 300 g/mol. The normalized spacial score (nSPS) is 10.5. The van der Waals surface area contributed by atoms with E-state index in [2.05, 4.69) is 16.6 Å². The van der Waals surface area contributed by atoms with Gasteiger partial charge in [0.25, 0.3) is 0 Å². The van der Waals surface area contributed by atoms with E-state index in [-0.39, 0.29) is 5.97 Å². The Bertz CT molecular complexity index is 644. The third-order valence-corrected chi connectivity index (χ3v) is 3.48. The number of unbranched alkanes of at least 4 members (excludes halogenated alkanes) is 1. The van der Waals surface area contributed by atoms with E-state index in [4.69, 9.17) is 0 Å². The number of benzene rings is 1. The fourth-order valence-electron chi connectivity index (χ4n) is 2.27. The van der Waals surface area contributed by atoms with Gasteiger partial charge < -0.3 is 9.30 Å². The number of methoxy groups -OCH3 is 1. The Morgan fingerprint density at radius 2 is 2.05 bits per heavy atom. The molecule has 116 valence electrons. The van der Waals surface area contributed by atoms with Crippen molar-refractivity contribution >= 4 is 12.3 Å². The summed E-state index contributed by atoms with van der Waals surface area (Å²) in [5, 5.41) is 0. The molecule has 2 aromatic rings. The highest BCUT2D eigenvalue weighted by Crippen LogP contribution is 2.12. The van der Waals surface area contributed by atoms with Gasteiger partial charge in [0.15, 0.2) is 6.29 Å². The molecule has 0 fully saturated rings. The van der Waals surface area contributed by atoms with Crippen molar-refractivity contribution in [3.05, 3.63) is 53.1 Å². The number of hydrogen-bond acceptors (Lipinski definition) is 4. The summed E-state index contributed by atoms with van der Waals surface area (Å²) in [4.78, 5) is 26.7. The Kier molecular flexibility index (Phi) is 5.47. The van der Waals surface area contributed by atoms with E-state index < -0.39 is 0 Å². The van der Waals surface area contributed by atoms with E-state index in [0.29, 0.717) is 17.8 Å². The topological polar surface area (TPSA) is 61.2 Å². The number of nitrogens with zero attached hydrogens (tertiary/aromatic N) is 2. The predicted octanol–water partition coefficient (Wildman–Crippen LogP) is 2.87. The highest BCUT2D eigenvalue weighted by Gasteiger charge is 2.09. The van der Waals surface area contributed by atoms with Crippen LogP contribution in [0.1, 0.15) is 52.0 Å². The third-order valence-electron chi connectivity index (χ3n) is 3.48. The average Bonchev–Trinajstić information content (AvgIpc) is 2.95. The lowest BCUT2D eigenvalue weighted by molar-refractivity contribution is 0.0600. The monoisotopic (exact) mass is 300 g/mol. The summed E-state index contributed by atoms with van der Waals surface area (Å²) in [6, 6.07) is 7.25. The summed E-state index contributed by atoms with van der Waals surface area (Å²) in [7, 11) is 1.36. The van der Waals surface area contributed by atoms with Crippen molar-refractivity contribution < 1.29 is 14.3 Å².